The van der Waals surface area contributed by atoms with Gasteiger partial charge in [-0.05, 0) is 25.1 Å². The fourth-order valence-corrected chi connectivity index (χ4v) is 2.46. The average Bonchev–Trinajstić information content (AvgIpc) is 2.29. The summed E-state index contributed by atoms with van der Waals surface area (Å²) in [6.07, 6.45) is -1.17. The van der Waals surface area contributed by atoms with Gasteiger partial charge in [-0.25, -0.2) is 13.2 Å². The zero-order chi connectivity index (χ0) is 15.5. The molecule has 1 rings (SSSR count). The van der Waals surface area contributed by atoms with Crippen LogP contribution in [-0.4, -0.2) is 26.5 Å². The number of primary amides is 1. The molecule has 3 N–H and O–H groups in total. The summed E-state index contributed by atoms with van der Waals surface area (Å²) in [5, 5.41) is 1.93. The summed E-state index contributed by atoms with van der Waals surface area (Å²) in [5.74, 6) is -0.998. The molecule has 0 heterocycles. The average molecular weight is 341 g/mol. The van der Waals surface area contributed by atoms with E-state index in [0.717, 1.165) is 6.07 Å². The lowest BCUT2D eigenvalue weighted by Crippen LogP contribution is -2.42. The van der Waals surface area contributed by atoms with Crippen molar-refractivity contribution < 1.29 is 22.7 Å². The highest BCUT2D eigenvalue weighted by molar-refractivity contribution is 8.13. The maximum Gasteiger partial charge on any atom is 0.318 e. The number of nitrogens with one attached hydrogen (secondary N) is 1. The van der Waals surface area contributed by atoms with E-state index >= 15 is 0 Å². The normalized spacial score (nSPS) is 12.6. The van der Waals surface area contributed by atoms with Gasteiger partial charge < -0.3 is 10.5 Å². The summed E-state index contributed by atoms with van der Waals surface area (Å²) in [6.45, 7) is 1.30. The highest BCUT2D eigenvalue weighted by Crippen LogP contribution is 2.30. The molecule has 0 bridgehead atoms. The number of hydrogen-bond acceptors (Lipinski definition) is 5. The van der Waals surface area contributed by atoms with Gasteiger partial charge in [0.15, 0.2) is 6.10 Å². The van der Waals surface area contributed by atoms with Gasteiger partial charge in [-0.3, -0.25) is 10.1 Å². The number of ether oxygens (including phenoxy) is 1. The number of carbonyl (C=O) groups is 2. The summed E-state index contributed by atoms with van der Waals surface area (Å²) in [4.78, 5) is 21.6. The Balaban J connectivity index is 3.04. The number of nitrogens with two attached hydrogens (primary N) is 1. The second-order valence-corrected chi connectivity index (χ2v) is 6.61. The van der Waals surface area contributed by atoms with E-state index in [-0.39, 0.29) is 15.7 Å². The van der Waals surface area contributed by atoms with Crippen LogP contribution in [0.25, 0.3) is 0 Å². The lowest BCUT2D eigenvalue weighted by molar-refractivity contribution is -0.126. The van der Waals surface area contributed by atoms with Crippen molar-refractivity contribution in [1.29, 1.82) is 0 Å². The number of rotatable bonds is 4. The molecule has 0 aliphatic heterocycles. The molecule has 0 radical (unpaired) electrons. The summed E-state index contributed by atoms with van der Waals surface area (Å²) >= 11 is 5.67. The Morgan fingerprint density at radius 3 is 2.50 bits per heavy atom. The van der Waals surface area contributed by atoms with E-state index in [4.69, 9.17) is 32.8 Å². The quantitative estimate of drug-likeness (QED) is 0.799. The number of urea groups is 1. The van der Waals surface area contributed by atoms with Gasteiger partial charge in [0, 0.05) is 15.7 Å². The van der Waals surface area contributed by atoms with Crippen LogP contribution in [0.5, 0.6) is 5.75 Å². The van der Waals surface area contributed by atoms with Crippen LogP contribution >= 0.6 is 22.3 Å². The van der Waals surface area contributed by atoms with Crippen molar-refractivity contribution in [2.45, 2.75) is 17.9 Å². The Kier molecular flexibility index (Phi) is 5.21. The third-order valence-electron chi connectivity index (χ3n) is 2.09. The van der Waals surface area contributed by atoms with E-state index in [1.165, 1.54) is 19.1 Å². The molecule has 0 saturated carbocycles. The molecule has 7 nitrogen and oxygen atoms in total. The van der Waals surface area contributed by atoms with Gasteiger partial charge in [0.2, 0.25) is 0 Å². The lowest BCUT2D eigenvalue weighted by atomic mass is 10.3. The minimum Gasteiger partial charge on any atom is -0.479 e. The fourth-order valence-electron chi connectivity index (χ4n) is 1.24. The van der Waals surface area contributed by atoms with Crippen LogP contribution in [0.3, 0.4) is 0 Å². The third kappa shape index (κ3) is 4.55. The van der Waals surface area contributed by atoms with Crippen LogP contribution in [0.15, 0.2) is 23.1 Å². The van der Waals surface area contributed by atoms with Crippen molar-refractivity contribution in [3.63, 3.8) is 0 Å². The van der Waals surface area contributed by atoms with Crippen molar-refractivity contribution in [3.8, 4) is 5.75 Å². The minimum absolute atomic E-state index is 0.130. The molecule has 0 fully saturated rings. The molecular weight excluding hydrogens is 331 g/mol. The highest BCUT2D eigenvalue weighted by atomic mass is 35.7. The van der Waals surface area contributed by atoms with Gasteiger partial charge in [0.25, 0.3) is 15.0 Å². The van der Waals surface area contributed by atoms with Crippen LogP contribution in [0.4, 0.5) is 4.79 Å². The molecule has 110 valence electrons. The van der Waals surface area contributed by atoms with Crippen LogP contribution in [0, 0.1) is 0 Å². The lowest BCUT2D eigenvalue weighted by Gasteiger charge is -2.15. The molecule has 3 amide bonds. The largest absolute Gasteiger partial charge is 0.479 e. The number of halogens is 2. The second kappa shape index (κ2) is 6.29. The number of hydrogen-bond donors (Lipinski definition) is 2. The maximum atomic E-state index is 11.4. The topological polar surface area (TPSA) is 116 Å². The third-order valence-corrected chi connectivity index (χ3v) is 3.67. The van der Waals surface area contributed by atoms with Crippen molar-refractivity contribution in [2.24, 2.45) is 5.73 Å². The Labute approximate surface area is 124 Å². The molecule has 0 aromatic heterocycles. The number of benzene rings is 1. The molecule has 1 atom stereocenters. The first-order chi connectivity index (χ1) is 9.11. The van der Waals surface area contributed by atoms with Crippen LogP contribution < -0.4 is 15.8 Å². The summed E-state index contributed by atoms with van der Waals surface area (Å²) in [6, 6.07) is 2.64. The smallest absolute Gasteiger partial charge is 0.318 e. The first-order valence-corrected chi connectivity index (χ1v) is 7.81. The van der Waals surface area contributed by atoms with Crippen molar-refractivity contribution in [2.75, 3.05) is 0 Å². The van der Waals surface area contributed by atoms with E-state index in [2.05, 4.69) is 0 Å². The van der Waals surface area contributed by atoms with E-state index in [0.29, 0.717) is 0 Å². The molecule has 0 spiro atoms. The molecule has 0 aliphatic rings. The van der Waals surface area contributed by atoms with Crippen molar-refractivity contribution in [3.05, 3.63) is 23.2 Å². The minimum atomic E-state index is -4.11. The molecule has 20 heavy (non-hydrogen) atoms. The molecular formula is C10H10Cl2N2O5S. The Morgan fingerprint density at radius 2 is 2.00 bits per heavy atom. The maximum absolute atomic E-state index is 11.4. The first-order valence-electron chi connectivity index (χ1n) is 5.12. The Hall–Kier alpha value is -1.51. The standard InChI is InChI=1S/C10H10Cl2N2O5S/c1-5(9(15)14-10(13)16)19-7-3-2-6(11)4-8(7)20(12,17)18/h2-5H,1H3,(H3,13,14,15,16). The predicted molar refractivity (Wildman–Crippen MR) is 72.3 cm³/mol. The van der Waals surface area contributed by atoms with Crippen LogP contribution in [0.1, 0.15) is 6.92 Å². The number of carbonyl (C=O) groups excluding carboxylic acids is 2. The van der Waals surface area contributed by atoms with E-state index < -0.39 is 27.1 Å². The zero-order valence-corrected chi connectivity index (χ0v) is 12.4. The molecule has 0 aliphatic carbocycles. The second-order valence-electron chi connectivity index (χ2n) is 3.64. The highest BCUT2D eigenvalue weighted by Gasteiger charge is 2.22. The molecule has 1 aromatic rings. The predicted octanol–water partition coefficient (Wildman–Crippen LogP) is 1.23. The van der Waals surface area contributed by atoms with E-state index in [1.807, 2.05) is 0 Å². The molecule has 1 aromatic carbocycles. The van der Waals surface area contributed by atoms with Crippen molar-refractivity contribution in [1.82, 2.24) is 5.32 Å². The summed E-state index contributed by atoms with van der Waals surface area (Å²) < 4.78 is 27.9. The van der Waals surface area contributed by atoms with Crippen LogP contribution in [0.2, 0.25) is 5.02 Å². The van der Waals surface area contributed by atoms with Gasteiger partial charge in [-0.15, -0.1) is 0 Å². The van der Waals surface area contributed by atoms with Gasteiger partial charge in [0.05, 0.1) is 0 Å². The SMILES string of the molecule is CC(Oc1ccc(Cl)cc1S(=O)(=O)Cl)C(=O)NC(N)=O. The van der Waals surface area contributed by atoms with Gasteiger partial charge in [-0.1, -0.05) is 11.6 Å². The summed E-state index contributed by atoms with van der Waals surface area (Å²) in [5.41, 5.74) is 4.78. The van der Waals surface area contributed by atoms with Gasteiger partial charge in [-0.2, -0.15) is 0 Å². The summed E-state index contributed by atoms with van der Waals surface area (Å²) in [7, 11) is 1.13. The van der Waals surface area contributed by atoms with Crippen molar-refractivity contribution >= 4 is 43.3 Å². The first kappa shape index (κ1) is 16.5. The Morgan fingerprint density at radius 1 is 1.40 bits per heavy atom. The molecule has 10 heteroatoms. The van der Waals surface area contributed by atoms with E-state index in [1.54, 1.807) is 5.32 Å². The van der Waals surface area contributed by atoms with Gasteiger partial charge in [0.1, 0.15) is 10.6 Å². The Bertz CT molecular complexity index is 647. The van der Waals surface area contributed by atoms with Crippen LogP contribution in [-0.2, 0) is 13.8 Å². The monoisotopic (exact) mass is 340 g/mol. The molecule has 0 saturated heterocycles. The zero-order valence-electron chi connectivity index (χ0n) is 10.1. The van der Waals surface area contributed by atoms with E-state index in [9.17, 15) is 18.0 Å². The molecule has 1 unspecified atom stereocenters. The fraction of sp³-hybridized carbons (Fsp3) is 0.200. The van der Waals surface area contributed by atoms with Gasteiger partial charge >= 0.3 is 6.03 Å². The number of imide groups is 1. The number of amides is 3.